The first kappa shape index (κ1) is 11.8. The fourth-order valence-corrected chi connectivity index (χ4v) is 2.43. The molecule has 1 unspecified atom stereocenters. The van der Waals surface area contributed by atoms with Crippen LogP contribution in [0.1, 0.15) is 37.2 Å². The van der Waals surface area contributed by atoms with Crippen molar-refractivity contribution in [2.45, 2.75) is 38.8 Å². The molecule has 5 heteroatoms. The summed E-state index contributed by atoms with van der Waals surface area (Å²) in [5.41, 5.74) is 5.98. The first-order valence-electron chi connectivity index (χ1n) is 5.53. The van der Waals surface area contributed by atoms with E-state index in [0.717, 1.165) is 17.3 Å². The van der Waals surface area contributed by atoms with E-state index < -0.39 is 5.54 Å². The summed E-state index contributed by atoms with van der Waals surface area (Å²) in [6.45, 7) is 4.46. The normalized spacial score (nSPS) is 19.5. The van der Waals surface area contributed by atoms with Crippen LogP contribution in [0, 0.1) is 5.92 Å². The third-order valence-corrected chi connectivity index (χ3v) is 3.80. The lowest BCUT2D eigenvalue weighted by atomic mass is 9.90. The van der Waals surface area contributed by atoms with Gasteiger partial charge in [0.15, 0.2) is 0 Å². The highest BCUT2D eigenvalue weighted by molar-refractivity contribution is 9.10. The number of nitrogens with two attached hydrogens (primary N) is 1. The molecule has 0 saturated heterocycles. The molecule has 1 saturated carbocycles. The molecule has 4 nitrogen and oxygen atoms in total. The van der Waals surface area contributed by atoms with Crippen molar-refractivity contribution in [1.29, 1.82) is 0 Å². The molecule has 1 aromatic rings. The number of Topliss-reactive ketones (excluding diaryl/α,β-unsaturated/α-hetero) is 1. The average Bonchev–Trinajstić information content (AvgIpc) is 3.02. The quantitative estimate of drug-likeness (QED) is 0.861. The van der Waals surface area contributed by atoms with E-state index in [9.17, 15) is 4.79 Å². The topological polar surface area (TPSA) is 60.9 Å². The number of rotatable bonds is 4. The second-order valence-electron chi connectivity index (χ2n) is 4.54. The molecule has 1 heterocycles. The Hall–Kier alpha value is -0.680. The van der Waals surface area contributed by atoms with E-state index in [-0.39, 0.29) is 5.78 Å². The molecule has 2 rings (SSSR count). The summed E-state index contributed by atoms with van der Waals surface area (Å²) in [7, 11) is 0. The van der Waals surface area contributed by atoms with Crippen LogP contribution in [0.25, 0.3) is 0 Å². The molecule has 1 aliphatic rings. The highest BCUT2D eigenvalue weighted by atomic mass is 79.9. The van der Waals surface area contributed by atoms with Crippen LogP contribution in [0.5, 0.6) is 0 Å². The van der Waals surface area contributed by atoms with Gasteiger partial charge in [0.05, 0.1) is 16.2 Å². The van der Waals surface area contributed by atoms with Crippen molar-refractivity contribution >= 4 is 21.7 Å². The number of carbonyl (C=O) groups excluding carboxylic acids is 1. The lowest BCUT2D eigenvalue weighted by Crippen LogP contribution is -2.48. The SMILES string of the molecule is CCn1ncc(Br)c1C(=O)C(C)(N)C1CC1. The van der Waals surface area contributed by atoms with Crippen molar-refractivity contribution in [2.24, 2.45) is 11.7 Å². The number of hydrogen-bond acceptors (Lipinski definition) is 3. The van der Waals surface area contributed by atoms with Crippen molar-refractivity contribution in [3.63, 3.8) is 0 Å². The van der Waals surface area contributed by atoms with E-state index in [1.165, 1.54) is 0 Å². The van der Waals surface area contributed by atoms with Gasteiger partial charge in [-0.1, -0.05) is 0 Å². The van der Waals surface area contributed by atoms with Crippen LogP contribution in [0.3, 0.4) is 0 Å². The van der Waals surface area contributed by atoms with Crippen LogP contribution < -0.4 is 5.73 Å². The molecule has 0 radical (unpaired) electrons. The molecular weight excluding hydrogens is 270 g/mol. The maximum absolute atomic E-state index is 12.4. The Morgan fingerprint density at radius 2 is 2.38 bits per heavy atom. The summed E-state index contributed by atoms with van der Waals surface area (Å²) in [4.78, 5) is 12.4. The van der Waals surface area contributed by atoms with Crippen molar-refractivity contribution in [2.75, 3.05) is 0 Å². The standard InChI is InChI=1S/C11H16BrN3O/c1-3-15-9(8(12)6-14-15)10(16)11(2,13)7-4-5-7/h6-7H,3-5,13H2,1-2H3. The highest BCUT2D eigenvalue weighted by Crippen LogP contribution is 2.40. The predicted octanol–water partition coefficient (Wildman–Crippen LogP) is 1.98. The minimum Gasteiger partial charge on any atom is -0.319 e. The number of nitrogens with zero attached hydrogens (tertiary/aromatic N) is 2. The molecule has 1 fully saturated rings. The molecule has 1 aromatic heterocycles. The van der Waals surface area contributed by atoms with Gasteiger partial charge in [0.1, 0.15) is 5.69 Å². The Bertz CT molecular complexity index is 421. The largest absolute Gasteiger partial charge is 0.319 e. The van der Waals surface area contributed by atoms with E-state index in [4.69, 9.17) is 5.73 Å². The molecule has 0 aliphatic heterocycles. The third kappa shape index (κ3) is 1.82. The van der Waals surface area contributed by atoms with Crippen LogP contribution in [0.15, 0.2) is 10.7 Å². The number of aryl methyl sites for hydroxylation is 1. The monoisotopic (exact) mass is 285 g/mol. The van der Waals surface area contributed by atoms with Gasteiger partial charge in [-0.05, 0) is 48.5 Å². The fraction of sp³-hybridized carbons (Fsp3) is 0.636. The summed E-state index contributed by atoms with van der Waals surface area (Å²) in [6, 6.07) is 0. The number of hydrogen-bond donors (Lipinski definition) is 1. The number of aromatic nitrogens is 2. The number of ketones is 1. The third-order valence-electron chi connectivity index (χ3n) is 3.22. The lowest BCUT2D eigenvalue weighted by molar-refractivity contribution is 0.0871. The summed E-state index contributed by atoms with van der Waals surface area (Å²) in [5, 5.41) is 4.14. The Balaban J connectivity index is 2.36. The maximum Gasteiger partial charge on any atom is 0.201 e. The van der Waals surface area contributed by atoms with Crippen LogP contribution in [-0.2, 0) is 6.54 Å². The predicted molar refractivity (Wildman–Crippen MR) is 65.2 cm³/mol. The molecule has 1 atom stereocenters. The fourth-order valence-electron chi connectivity index (χ4n) is 1.95. The zero-order valence-electron chi connectivity index (χ0n) is 9.53. The Morgan fingerprint density at radius 3 is 2.88 bits per heavy atom. The zero-order valence-corrected chi connectivity index (χ0v) is 11.1. The van der Waals surface area contributed by atoms with E-state index in [1.807, 2.05) is 13.8 Å². The number of halogens is 1. The van der Waals surface area contributed by atoms with Crippen molar-refractivity contribution < 1.29 is 4.79 Å². The van der Waals surface area contributed by atoms with Crippen molar-refractivity contribution in [3.05, 3.63) is 16.4 Å². The molecule has 1 aliphatic carbocycles. The smallest absolute Gasteiger partial charge is 0.201 e. The molecule has 0 amide bonds. The van der Waals surface area contributed by atoms with Gasteiger partial charge >= 0.3 is 0 Å². The van der Waals surface area contributed by atoms with Crippen LogP contribution >= 0.6 is 15.9 Å². The van der Waals surface area contributed by atoms with Gasteiger partial charge in [0.25, 0.3) is 0 Å². The minimum atomic E-state index is -0.754. The van der Waals surface area contributed by atoms with Gasteiger partial charge in [0, 0.05) is 6.54 Å². The highest BCUT2D eigenvalue weighted by Gasteiger charge is 2.45. The molecule has 88 valence electrons. The molecular formula is C11H16BrN3O. The molecule has 2 N–H and O–H groups in total. The maximum atomic E-state index is 12.4. The second kappa shape index (κ2) is 3.96. The van der Waals surface area contributed by atoms with Gasteiger partial charge in [-0.2, -0.15) is 5.10 Å². The van der Waals surface area contributed by atoms with Crippen molar-refractivity contribution in [1.82, 2.24) is 9.78 Å². The van der Waals surface area contributed by atoms with Gasteiger partial charge in [-0.25, -0.2) is 0 Å². The summed E-state index contributed by atoms with van der Waals surface area (Å²) < 4.78 is 2.43. The first-order valence-corrected chi connectivity index (χ1v) is 6.32. The zero-order chi connectivity index (χ0) is 11.9. The lowest BCUT2D eigenvalue weighted by Gasteiger charge is -2.23. The Morgan fingerprint density at radius 1 is 1.75 bits per heavy atom. The summed E-state index contributed by atoms with van der Waals surface area (Å²) >= 11 is 3.36. The summed E-state index contributed by atoms with van der Waals surface area (Å²) in [5.74, 6) is 0.313. The van der Waals surface area contributed by atoms with Gasteiger partial charge in [-0.15, -0.1) is 0 Å². The number of carbonyl (C=O) groups is 1. The Kier molecular flexibility index (Phi) is 2.92. The van der Waals surface area contributed by atoms with E-state index in [2.05, 4.69) is 21.0 Å². The Labute approximate surface area is 103 Å². The molecule has 16 heavy (non-hydrogen) atoms. The van der Waals surface area contributed by atoms with Crippen LogP contribution in [0.4, 0.5) is 0 Å². The van der Waals surface area contributed by atoms with Gasteiger partial charge < -0.3 is 5.73 Å². The van der Waals surface area contributed by atoms with Gasteiger partial charge in [-0.3, -0.25) is 9.48 Å². The van der Waals surface area contributed by atoms with Gasteiger partial charge in [0.2, 0.25) is 5.78 Å². The van der Waals surface area contributed by atoms with E-state index >= 15 is 0 Å². The van der Waals surface area contributed by atoms with E-state index in [0.29, 0.717) is 18.2 Å². The minimum absolute atomic E-state index is 0.0128. The van der Waals surface area contributed by atoms with Crippen LogP contribution in [0.2, 0.25) is 0 Å². The van der Waals surface area contributed by atoms with Crippen molar-refractivity contribution in [3.8, 4) is 0 Å². The first-order chi connectivity index (χ1) is 7.48. The van der Waals surface area contributed by atoms with Crippen LogP contribution in [-0.4, -0.2) is 21.1 Å². The summed E-state index contributed by atoms with van der Waals surface area (Å²) in [6.07, 6.45) is 3.76. The molecule has 0 spiro atoms. The second-order valence-corrected chi connectivity index (χ2v) is 5.40. The molecule has 0 aromatic carbocycles. The average molecular weight is 286 g/mol. The molecule has 0 bridgehead atoms. The van der Waals surface area contributed by atoms with E-state index in [1.54, 1.807) is 10.9 Å².